The van der Waals surface area contributed by atoms with Gasteiger partial charge in [-0.1, -0.05) is 0 Å². The summed E-state index contributed by atoms with van der Waals surface area (Å²) in [6, 6.07) is -0.0157. The van der Waals surface area contributed by atoms with E-state index in [1.807, 2.05) is 26.0 Å². The molecule has 4 heteroatoms. The van der Waals surface area contributed by atoms with Crippen molar-refractivity contribution in [3.05, 3.63) is 0 Å². The van der Waals surface area contributed by atoms with Gasteiger partial charge in [0.25, 0.3) is 0 Å². The van der Waals surface area contributed by atoms with Gasteiger partial charge in [-0.3, -0.25) is 9.69 Å². The second-order valence-corrected chi connectivity index (χ2v) is 4.70. The van der Waals surface area contributed by atoms with E-state index in [4.69, 9.17) is 0 Å². The van der Waals surface area contributed by atoms with Gasteiger partial charge >= 0.3 is 0 Å². The fourth-order valence-corrected chi connectivity index (χ4v) is 1.97. The van der Waals surface area contributed by atoms with Gasteiger partial charge in [-0.2, -0.15) is 0 Å². The summed E-state index contributed by atoms with van der Waals surface area (Å²) in [5.41, 5.74) is -0.0594. The highest BCUT2D eigenvalue weighted by atomic mass is 16.2. The average molecular weight is 199 g/mol. The molecule has 82 valence electrons. The van der Waals surface area contributed by atoms with Gasteiger partial charge in [0, 0.05) is 25.7 Å². The maximum absolute atomic E-state index is 12.0. The normalized spacial score (nSPS) is 28.2. The number of hydrogen-bond acceptors (Lipinski definition) is 3. The van der Waals surface area contributed by atoms with Crippen molar-refractivity contribution in [1.29, 1.82) is 0 Å². The molecule has 1 aliphatic rings. The molecule has 1 atom stereocenters. The lowest BCUT2D eigenvalue weighted by atomic mass is 9.96. The topological polar surface area (TPSA) is 35.6 Å². The van der Waals surface area contributed by atoms with Gasteiger partial charge in [-0.25, -0.2) is 0 Å². The molecule has 1 aliphatic heterocycles. The molecule has 0 aromatic carbocycles. The molecular formula is C10H21N3O. The number of nitrogens with one attached hydrogen (secondary N) is 1. The molecule has 4 nitrogen and oxygen atoms in total. The maximum Gasteiger partial charge on any atom is 0.241 e. The Bertz CT molecular complexity index is 227. The second-order valence-electron chi connectivity index (χ2n) is 4.70. The number of hydrogen-bond donors (Lipinski definition) is 1. The molecule has 0 saturated carbocycles. The first-order valence-corrected chi connectivity index (χ1v) is 5.02. The van der Waals surface area contributed by atoms with Crippen LogP contribution in [0.3, 0.4) is 0 Å². The van der Waals surface area contributed by atoms with Crippen LogP contribution in [0.15, 0.2) is 0 Å². The predicted molar refractivity (Wildman–Crippen MR) is 57.2 cm³/mol. The molecule has 14 heavy (non-hydrogen) atoms. The van der Waals surface area contributed by atoms with Crippen molar-refractivity contribution < 1.29 is 4.79 Å². The number of carbonyl (C=O) groups excluding carboxylic acids is 1. The lowest BCUT2D eigenvalue weighted by Crippen LogP contribution is -2.65. The highest BCUT2D eigenvalue weighted by Crippen LogP contribution is 2.22. The van der Waals surface area contributed by atoms with Crippen molar-refractivity contribution in [2.75, 3.05) is 34.2 Å². The van der Waals surface area contributed by atoms with Crippen molar-refractivity contribution in [2.24, 2.45) is 0 Å². The van der Waals surface area contributed by atoms with Crippen LogP contribution in [0.2, 0.25) is 0 Å². The summed E-state index contributed by atoms with van der Waals surface area (Å²) in [5.74, 6) is 0.207. The zero-order valence-corrected chi connectivity index (χ0v) is 9.79. The fraction of sp³-hybridized carbons (Fsp3) is 0.900. The second kappa shape index (κ2) is 3.87. The van der Waals surface area contributed by atoms with E-state index in [-0.39, 0.29) is 17.5 Å². The third-order valence-corrected chi connectivity index (χ3v) is 3.09. The summed E-state index contributed by atoms with van der Waals surface area (Å²) in [4.78, 5) is 16.0. The minimum Gasteiger partial charge on any atom is -0.338 e. The molecule has 1 saturated heterocycles. The van der Waals surface area contributed by atoms with Crippen molar-refractivity contribution in [3.8, 4) is 0 Å². The van der Waals surface area contributed by atoms with E-state index < -0.39 is 0 Å². The van der Waals surface area contributed by atoms with Gasteiger partial charge < -0.3 is 10.2 Å². The highest BCUT2D eigenvalue weighted by molar-refractivity contribution is 5.83. The number of carbonyl (C=O) groups is 1. The van der Waals surface area contributed by atoms with Crippen LogP contribution in [-0.4, -0.2) is 61.5 Å². The van der Waals surface area contributed by atoms with Gasteiger partial charge in [0.05, 0.1) is 0 Å². The molecular weight excluding hydrogens is 178 g/mol. The monoisotopic (exact) mass is 199 g/mol. The summed E-state index contributed by atoms with van der Waals surface area (Å²) in [7, 11) is 5.77. The van der Waals surface area contributed by atoms with Crippen LogP contribution in [0.1, 0.15) is 13.8 Å². The predicted octanol–water partition coefficient (Wildman–Crippen LogP) is -0.243. The average Bonchev–Trinajstić information content (AvgIpc) is 2.08. The Morgan fingerprint density at radius 1 is 1.50 bits per heavy atom. The van der Waals surface area contributed by atoms with Gasteiger partial charge in [-0.15, -0.1) is 0 Å². The molecule has 0 spiro atoms. The van der Waals surface area contributed by atoms with Crippen molar-refractivity contribution in [3.63, 3.8) is 0 Å². The minimum absolute atomic E-state index is 0.0157. The number of rotatable bonds is 2. The van der Waals surface area contributed by atoms with E-state index in [0.29, 0.717) is 0 Å². The molecule has 1 unspecified atom stereocenters. The first-order chi connectivity index (χ1) is 6.40. The minimum atomic E-state index is -0.0594. The molecule has 1 heterocycles. The van der Waals surface area contributed by atoms with Crippen molar-refractivity contribution >= 4 is 5.91 Å². The van der Waals surface area contributed by atoms with E-state index in [9.17, 15) is 4.79 Å². The molecule has 0 bridgehead atoms. The number of piperazine rings is 1. The van der Waals surface area contributed by atoms with E-state index in [1.54, 1.807) is 0 Å². The van der Waals surface area contributed by atoms with E-state index >= 15 is 0 Å². The van der Waals surface area contributed by atoms with Crippen LogP contribution >= 0.6 is 0 Å². The molecule has 1 fully saturated rings. The highest BCUT2D eigenvalue weighted by Gasteiger charge is 2.40. The third kappa shape index (κ3) is 1.91. The molecule has 0 aromatic heterocycles. The number of amides is 1. The fourth-order valence-electron chi connectivity index (χ4n) is 1.97. The van der Waals surface area contributed by atoms with Gasteiger partial charge in [0.15, 0.2) is 0 Å². The van der Waals surface area contributed by atoms with Crippen LogP contribution in [0.25, 0.3) is 0 Å². The van der Waals surface area contributed by atoms with Crippen LogP contribution in [0, 0.1) is 0 Å². The Kier molecular flexibility index (Phi) is 3.17. The molecule has 1 rings (SSSR count). The Hall–Kier alpha value is -0.610. The van der Waals surface area contributed by atoms with E-state index in [0.717, 1.165) is 13.1 Å². The molecule has 1 amide bonds. The summed E-state index contributed by atoms with van der Waals surface area (Å²) in [6.07, 6.45) is 0. The van der Waals surface area contributed by atoms with Crippen LogP contribution in [0.4, 0.5) is 0 Å². The quantitative estimate of drug-likeness (QED) is 0.666. The van der Waals surface area contributed by atoms with Crippen LogP contribution in [-0.2, 0) is 4.79 Å². The summed E-state index contributed by atoms with van der Waals surface area (Å²) < 4.78 is 0. The first kappa shape index (κ1) is 11.5. The standard InChI is InChI=1S/C10H21N3O/c1-10(2)7-12(4)8(6-11-3)9(14)13(10)5/h8,11H,6-7H2,1-5H3. The SMILES string of the molecule is CNCC1C(=O)N(C)C(C)(C)CN1C. The largest absolute Gasteiger partial charge is 0.338 e. The van der Waals surface area contributed by atoms with Crippen molar-refractivity contribution in [2.45, 2.75) is 25.4 Å². The van der Waals surface area contributed by atoms with Gasteiger partial charge in [0.1, 0.15) is 6.04 Å². The molecule has 1 N–H and O–H groups in total. The maximum atomic E-state index is 12.0. The van der Waals surface area contributed by atoms with Gasteiger partial charge in [-0.05, 0) is 27.9 Å². The van der Waals surface area contributed by atoms with Crippen LogP contribution < -0.4 is 5.32 Å². The lowest BCUT2D eigenvalue weighted by Gasteiger charge is -2.47. The smallest absolute Gasteiger partial charge is 0.241 e. The molecule has 0 radical (unpaired) electrons. The first-order valence-electron chi connectivity index (χ1n) is 5.02. The summed E-state index contributed by atoms with van der Waals surface area (Å²) in [5, 5.41) is 3.06. The van der Waals surface area contributed by atoms with E-state index in [1.165, 1.54) is 0 Å². The Morgan fingerprint density at radius 3 is 2.57 bits per heavy atom. The summed E-state index contributed by atoms with van der Waals surface area (Å²) in [6.45, 7) is 5.82. The van der Waals surface area contributed by atoms with Crippen molar-refractivity contribution in [1.82, 2.24) is 15.1 Å². The van der Waals surface area contributed by atoms with Crippen LogP contribution in [0.5, 0.6) is 0 Å². The Labute approximate surface area is 86.2 Å². The molecule has 0 aromatic rings. The zero-order valence-electron chi connectivity index (χ0n) is 9.79. The molecule has 0 aliphatic carbocycles. The lowest BCUT2D eigenvalue weighted by molar-refractivity contribution is -0.147. The number of likely N-dealkylation sites (N-methyl/N-ethyl adjacent to an activating group) is 3. The summed E-state index contributed by atoms with van der Waals surface area (Å²) >= 11 is 0. The van der Waals surface area contributed by atoms with Gasteiger partial charge in [0.2, 0.25) is 5.91 Å². The Morgan fingerprint density at radius 2 is 2.07 bits per heavy atom. The number of nitrogens with zero attached hydrogens (tertiary/aromatic N) is 2. The van der Waals surface area contributed by atoms with E-state index in [2.05, 4.69) is 24.1 Å². The third-order valence-electron chi connectivity index (χ3n) is 3.09. The Balaban J connectivity index is 2.80. The zero-order chi connectivity index (χ0) is 10.9.